The number of carbonyl (C=O) groups is 1. The van der Waals surface area contributed by atoms with Crippen LogP contribution in [0.2, 0.25) is 0 Å². The minimum Gasteiger partial charge on any atom is -0.469 e. The van der Waals surface area contributed by atoms with E-state index in [4.69, 9.17) is 5.53 Å². The normalized spacial score (nSPS) is 13.4. The van der Waals surface area contributed by atoms with E-state index in [2.05, 4.69) is 21.7 Å². The molecule has 0 aromatic rings. The first-order valence-electron chi connectivity index (χ1n) is 9.64. The lowest BCUT2D eigenvalue weighted by Crippen LogP contribution is -2.31. The molecule has 0 saturated heterocycles. The van der Waals surface area contributed by atoms with Gasteiger partial charge < -0.3 is 9.84 Å². The van der Waals surface area contributed by atoms with Crippen LogP contribution in [0.4, 0.5) is 0 Å². The zero-order valence-corrected chi connectivity index (χ0v) is 15.9. The summed E-state index contributed by atoms with van der Waals surface area (Å²) in [6.45, 7) is 2.24. The predicted molar refractivity (Wildman–Crippen MR) is 101 cm³/mol. The number of unbranched alkanes of at least 4 members (excludes halogenated alkanes) is 11. The van der Waals surface area contributed by atoms with Crippen LogP contribution in [0.5, 0.6) is 0 Å². The molecular weight excluding hydrogens is 318 g/mol. The average Bonchev–Trinajstić information content (AvgIpc) is 2.62. The monoisotopic (exact) mass is 353 g/mol. The summed E-state index contributed by atoms with van der Waals surface area (Å²) < 4.78 is 4.51. The van der Waals surface area contributed by atoms with Crippen molar-refractivity contribution in [3.63, 3.8) is 0 Å². The average molecular weight is 354 g/mol. The van der Waals surface area contributed by atoms with E-state index in [0.29, 0.717) is 0 Å². The summed E-state index contributed by atoms with van der Waals surface area (Å²) in [5, 5.41) is 13.1. The van der Waals surface area contributed by atoms with Gasteiger partial charge in [0.25, 0.3) is 0 Å². The maximum absolute atomic E-state index is 11.4. The number of esters is 1. The molecule has 0 bridgehead atoms. The van der Waals surface area contributed by atoms with Gasteiger partial charge >= 0.3 is 5.97 Å². The van der Waals surface area contributed by atoms with Crippen molar-refractivity contribution in [2.45, 2.75) is 96.1 Å². The van der Waals surface area contributed by atoms with Gasteiger partial charge in [-0.1, -0.05) is 88.4 Å². The van der Waals surface area contributed by atoms with Gasteiger partial charge in [0.05, 0.1) is 13.2 Å². The fourth-order valence-corrected chi connectivity index (χ4v) is 2.70. The fraction of sp³-hybridized carbons (Fsp3) is 0.842. The van der Waals surface area contributed by atoms with Crippen LogP contribution in [0.3, 0.4) is 0 Å². The van der Waals surface area contributed by atoms with Crippen molar-refractivity contribution < 1.29 is 14.6 Å². The lowest BCUT2D eigenvalue weighted by Gasteiger charge is -2.12. The summed E-state index contributed by atoms with van der Waals surface area (Å²) in [7, 11) is 1.20. The Morgan fingerprint density at radius 1 is 1.08 bits per heavy atom. The predicted octanol–water partition coefficient (Wildman–Crippen LogP) is 5.46. The molecule has 2 atom stereocenters. The van der Waals surface area contributed by atoms with Crippen molar-refractivity contribution in [1.82, 2.24) is 0 Å². The molecule has 0 heterocycles. The number of hydrogen-bond acceptors (Lipinski definition) is 4. The number of nitrogens with zero attached hydrogens (tertiary/aromatic N) is 3. The fourth-order valence-electron chi connectivity index (χ4n) is 2.70. The molecule has 0 rings (SSSR count). The first-order valence-corrected chi connectivity index (χ1v) is 9.64. The minimum atomic E-state index is -1.22. The Labute approximate surface area is 152 Å². The van der Waals surface area contributed by atoms with Crippen LogP contribution in [-0.2, 0) is 9.53 Å². The summed E-state index contributed by atoms with van der Waals surface area (Å²) in [6.07, 6.45) is 17.3. The van der Waals surface area contributed by atoms with Crippen molar-refractivity contribution in [3.8, 4) is 0 Å². The summed E-state index contributed by atoms with van der Waals surface area (Å²) in [5.74, 6) is -0.732. The molecule has 144 valence electrons. The van der Waals surface area contributed by atoms with E-state index in [9.17, 15) is 9.90 Å². The molecule has 0 unspecified atom stereocenters. The van der Waals surface area contributed by atoms with E-state index in [-0.39, 0.29) is 0 Å². The summed E-state index contributed by atoms with van der Waals surface area (Å²) in [4.78, 5) is 14.0. The van der Waals surface area contributed by atoms with Gasteiger partial charge in [-0.3, -0.25) is 4.79 Å². The Morgan fingerprint density at radius 3 is 2.08 bits per heavy atom. The van der Waals surface area contributed by atoms with Gasteiger partial charge in [0.1, 0.15) is 0 Å². The maximum atomic E-state index is 11.4. The molecule has 25 heavy (non-hydrogen) atoms. The Morgan fingerprint density at radius 2 is 1.60 bits per heavy atom. The lowest BCUT2D eigenvalue weighted by atomic mass is 10.0. The van der Waals surface area contributed by atoms with Crippen LogP contribution in [0.15, 0.2) is 17.3 Å². The smallest absolute Gasteiger partial charge is 0.317 e. The largest absolute Gasteiger partial charge is 0.469 e. The van der Waals surface area contributed by atoms with Crippen LogP contribution < -0.4 is 0 Å². The molecule has 0 radical (unpaired) electrons. The summed E-state index contributed by atoms with van der Waals surface area (Å²) >= 11 is 0. The van der Waals surface area contributed by atoms with E-state index < -0.39 is 18.1 Å². The van der Waals surface area contributed by atoms with Gasteiger partial charge in [-0.2, -0.15) is 0 Å². The van der Waals surface area contributed by atoms with Gasteiger partial charge in [-0.25, -0.2) is 0 Å². The van der Waals surface area contributed by atoms with Crippen molar-refractivity contribution in [1.29, 1.82) is 0 Å². The standard InChI is InChI=1S/C19H35N3O3/c1-3-4-5-6-7-8-9-10-11-12-13-14-15-16-17(23)18(21-22-20)19(24)25-2/h15-18,23H,3-14H2,1-2H3/b16-15+/t17-,18+/m0/s1. The van der Waals surface area contributed by atoms with Crippen LogP contribution >= 0.6 is 0 Å². The van der Waals surface area contributed by atoms with E-state index >= 15 is 0 Å². The molecule has 0 aliphatic rings. The number of aliphatic hydroxyl groups is 1. The Hall–Kier alpha value is -1.52. The second kappa shape index (κ2) is 17.3. The first-order chi connectivity index (χ1) is 12.2. The number of methoxy groups -OCH3 is 1. The first kappa shape index (κ1) is 23.5. The molecule has 0 aromatic heterocycles. The topological polar surface area (TPSA) is 95.3 Å². The van der Waals surface area contributed by atoms with E-state index in [1.54, 1.807) is 0 Å². The molecule has 0 saturated carbocycles. The Balaban J connectivity index is 3.65. The molecule has 6 heteroatoms. The molecule has 1 N–H and O–H groups in total. The quantitative estimate of drug-likeness (QED) is 0.0996. The second-order valence-electron chi connectivity index (χ2n) is 6.42. The molecule has 0 aromatic carbocycles. The summed E-state index contributed by atoms with van der Waals surface area (Å²) in [6, 6.07) is -1.22. The van der Waals surface area contributed by atoms with Gasteiger partial charge in [-0.15, -0.1) is 0 Å². The number of ether oxygens (including phenoxy) is 1. The van der Waals surface area contributed by atoms with Crippen LogP contribution in [-0.4, -0.2) is 30.3 Å². The van der Waals surface area contributed by atoms with Gasteiger partial charge in [0.15, 0.2) is 6.04 Å². The SMILES string of the molecule is CCCCCCCCCCCCC/C=C/[C@H](O)[C@@H](N=[N+]=[N-])C(=O)OC. The Bertz CT molecular complexity index is 407. The number of azide groups is 1. The van der Waals surface area contributed by atoms with Crippen LogP contribution in [0, 0.1) is 0 Å². The number of aliphatic hydroxyl groups excluding tert-OH is 1. The van der Waals surface area contributed by atoms with E-state index in [0.717, 1.165) is 12.8 Å². The van der Waals surface area contributed by atoms with Crippen LogP contribution in [0.25, 0.3) is 10.4 Å². The van der Waals surface area contributed by atoms with Crippen molar-refractivity contribution >= 4 is 5.97 Å². The molecule has 0 amide bonds. The van der Waals surface area contributed by atoms with Crippen molar-refractivity contribution in [2.75, 3.05) is 7.11 Å². The maximum Gasteiger partial charge on any atom is 0.317 e. The molecule has 6 nitrogen and oxygen atoms in total. The number of allylic oxidation sites excluding steroid dienone is 1. The van der Waals surface area contributed by atoms with E-state index in [1.807, 2.05) is 6.08 Å². The lowest BCUT2D eigenvalue weighted by molar-refractivity contribution is -0.144. The number of rotatable bonds is 16. The highest BCUT2D eigenvalue weighted by Gasteiger charge is 2.24. The number of hydrogen-bond donors (Lipinski definition) is 1. The highest BCUT2D eigenvalue weighted by molar-refractivity contribution is 5.76. The molecule has 0 aliphatic heterocycles. The van der Waals surface area contributed by atoms with Gasteiger partial charge in [-0.05, 0) is 18.4 Å². The minimum absolute atomic E-state index is 0.732. The van der Waals surface area contributed by atoms with E-state index in [1.165, 1.54) is 77.4 Å². The molecular formula is C19H35N3O3. The molecule has 0 spiro atoms. The van der Waals surface area contributed by atoms with Crippen LogP contribution in [0.1, 0.15) is 84.0 Å². The third-order valence-corrected chi connectivity index (χ3v) is 4.25. The van der Waals surface area contributed by atoms with Gasteiger partial charge in [0, 0.05) is 4.91 Å². The zero-order chi connectivity index (χ0) is 18.8. The third kappa shape index (κ3) is 13.4. The zero-order valence-electron chi connectivity index (χ0n) is 15.9. The second-order valence-corrected chi connectivity index (χ2v) is 6.42. The van der Waals surface area contributed by atoms with Crippen molar-refractivity contribution in [3.05, 3.63) is 22.6 Å². The number of carbonyl (C=O) groups excluding carboxylic acids is 1. The molecule has 0 fully saturated rings. The third-order valence-electron chi connectivity index (χ3n) is 4.25. The highest BCUT2D eigenvalue weighted by Crippen LogP contribution is 2.12. The summed E-state index contributed by atoms with van der Waals surface area (Å²) in [5.41, 5.74) is 8.43. The molecule has 0 aliphatic carbocycles. The van der Waals surface area contributed by atoms with Crippen molar-refractivity contribution in [2.24, 2.45) is 5.11 Å². The van der Waals surface area contributed by atoms with Gasteiger partial charge in [0.2, 0.25) is 0 Å². The Kier molecular flexibility index (Phi) is 16.3. The highest BCUT2D eigenvalue weighted by atomic mass is 16.5.